The zero-order valence-electron chi connectivity index (χ0n) is 17.7. The first-order valence-corrected chi connectivity index (χ1v) is 14.9. The van der Waals surface area contributed by atoms with Crippen molar-refractivity contribution in [1.82, 2.24) is 14.7 Å². The molecule has 2 aromatic rings. The summed E-state index contributed by atoms with van der Waals surface area (Å²) in [5.41, 5.74) is 4.62. The maximum Gasteiger partial charge on any atom is 0.255 e. The van der Waals surface area contributed by atoms with Crippen molar-refractivity contribution in [3.05, 3.63) is 50.8 Å². The third kappa shape index (κ3) is 4.11. The molecule has 30 heavy (non-hydrogen) atoms. The fourth-order valence-corrected chi connectivity index (χ4v) is 5.30. The second-order valence-corrected chi connectivity index (χ2v) is 15.8. The van der Waals surface area contributed by atoms with E-state index in [1.807, 2.05) is 22.9 Å². The van der Waals surface area contributed by atoms with Gasteiger partial charge in [-0.05, 0) is 48.6 Å². The minimum absolute atomic E-state index is 0.106. The fourth-order valence-electron chi connectivity index (χ4n) is 4.18. The van der Waals surface area contributed by atoms with E-state index in [0.29, 0.717) is 18.8 Å². The van der Waals surface area contributed by atoms with Gasteiger partial charge in [-0.25, -0.2) is 4.68 Å². The zero-order valence-corrected chi connectivity index (χ0v) is 20.3. The van der Waals surface area contributed by atoms with Gasteiger partial charge < -0.3 is 9.64 Å². The number of rotatable bonds is 7. The van der Waals surface area contributed by atoms with E-state index in [-0.39, 0.29) is 5.91 Å². The van der Waals surface area contributed by atoms with Crippen LogP contribution in [0.4, 0.5) is 0 Å². The van der Waals surface area contributed by atoms with Crippen molar-refractivity contribution in [2.75, 3.05) is 6.61 Å². The molecule has 1 atom stereocenters. The van der Waals surface area contributed by atoms with E-state index in [4.69, 9.17) is 9.84 Å². The molecule has 0 spiro atoms. The Hall–Kier alpha value is -1.95. The van der Waals surface area contributed by atoms with Crippen LogP contribution < -0.4 is 0 Å². The molecule has 158 valence electrons. The first-order valence-electron chi connectivity index (χ1n) is 10.4. The van der Waals surface area contributed by atoms with Gasteiger partial charge in [0.15, 0.2) is 6.04 Å². The Labute approximate surface area is 187 Å². The summed E-state index contributed by atoms with van der Waals surface area (Å²) in [5.74, 6) is -0.106. The van der Waals surface area contributed by atoms with Crippen LogP contribution in [0.15, 0.2) is 22.7 Å². The Morgan fingerprint density at radius 1 is 1.33 bits per heavy atom. The lowest BCUT2D eigenvalue weighted by molar-refractivity contribution is 0.0717. The summed E-state index contributed by atoms with van der Waals surface area (Å²) in [6.07, 6.45) is 2.89. The lowest BCUT2D eigenvalue weighted by atomic mass is 10.1. The number of carbonyl (C=O) groups is 1. The Bertz CT molecular complexity index is 1020. The number of ether oxygens (including phenoxy) is 1. The third-order valence-corrected chi connectivity index (χ3v) is 8.04. The predicted octanol–water partition coefficient (Wildman–Crippen LogP) is 4.67. The number of hydrogen-bond donors (Lipinski definition) is 0. The minimum atomic E-state index is -1.14. The lowest BCUT2D eigenvalue weighted by Gasteiger charge is -2.21. The summed E-state index contributed by atoms with van der Waals surface area (Å²) in [7, 11) is -1.14. The van der Waals surface area contributed by atoms with Crippen molar-refractivity contribution in [2.24, 2.45) is 0 Å². The van der Waals surface area contributed by atoms with Gasteiger partial charge in [-0.3, -0.25) is 4.79 Å². The fraction of sp³-hybridized carbons (Fsp3) is 0.500. The van der Waals surface area contributed by atoms with Crippen molar-refractivity contribution in [1.29, 1.82) is 5.26 Å². The highest BCUT2D eigenvalue weighted by Crippen LogP contribution is 2.36. The van der Waals surface area contributed by atoms with Gasteiger partial charge in [0.2, 0.25) is 0 Å². The summed E-state index contributed by atoms with van der Waals surface area (Å²) < 4.78 is 8.70. The topological polar surface area (TPSA) is 71.2 Å². The second-order valence-electron chi connectivity index (χ2n) is 9.28. The van der Waals surface area contributed by atoms with Crippen LogP contribution in [0.2, 0.25) is 25.7 Å². The highest BCUT2D eigenvalue weighted by molar-refractivity contribution is 9.10. The van der Waals surface area contributed by atoms with Crippen LogP contribution in [0.25, 0.3) is 0 Å². The number of nitriles is 1. The molecule has 0 radical (unpaired) electrons. The number of hydrogen-bond acceptors (Lipinski definition) is 4. The number of aromatic nitrogens is 2. The maximum atomic E-state index is 13.0. The van der Waals surface area contributed by atoms with Gasteiger partial charge in [-0.15, -0.1) is 0 Å². The summed E-state index contributed by atoms with van der Waals surface area (Å²) in [6, 6.07) is 8.49. The van der Waals surface area contributed by atoms with E-state index in [2.05, 4.69) is 41.6 Å². The quantitative estimate of drug-likeness (QED) is 0.421. The number of benzene rings is 1. The Morgan fingerprint density at radius 3 is 2.87 bits per heavy atom. The largest absolute Gasteiger partial charge is 0.360 e. The van der Waals surface area contributed by atoms with Crippen LogP contribution in [-0.4, -0.2) is 35.3 Å². The molecule has 1 aromatic carbocycles. The van der Waals surface area contributed by atoms with Crippen LogP contribution in [0.3, 0.4) is 0 Å². The Balaban J connectivity index is 1.56. The summed E-state index contributed by atoms with van der Waals surface area (Å²) in [4.78, 5) is 14.7. The van der Waals surface area contributed by atoms with Gasteiger partial charge in [-0.2, -0.15) is 10.4 Å². The van der Waals surface area contributed by atoms with Crippen molar-refractivity contribution >= 4 is 29.9 Å². The molecule has 0 saturated carbocycles. The van der Waals surface area contributed by atoms with Gasteiger partial charge >= 0.3 is 0 Å². The molecular formula is C22H27BrN4O2Si. The molecule has 0 N–H and O–H groups in total. The number of fused-ring (bicyclic) bond motifs is 2. The standard InChI is InChI=1S/C22H27BrN4O2Si/c1-30(2,3)10-9-29-14-27-19-6-4-5-17(19)21(25-27)20(12-24)26-13-15-7-8-16(23)11-18(15)22(26)28/h7-8,11,20H,4-6,9-10,13-14H2,1-3H3/t20-/m0/s1. The average Bonchev–Trinajstić information content (AvgIpc) is 3.36. The normalized spacial score (nSPS) is 16.5. The molecule has 0 unspecified atom stereocenters. The van der Waals surface area contributed by atoms with Crippen LogP contribution in [0, 0.1) is 11.3 Å². The SMILES string of the molecule is C[Si](C)(C)CCOCn1nc([C@H](C#N)N2Cc3ccc(Br)cc3C2=O)c2c1CCC2. The number of halogens is 1. The molecule has 1 aliphatic carbocycles. The van der Waals surface area contributed by atoms with E-state index < -0.39 is 14.1 Å². The van der Waals surface area contributed by atoms with E-state index in [1.54, 1.807) is 4.90 Å². The molecule has 2 aliphatic rings. The minimum Gasteiger partial charge on any atom is -0.360 e. The molecule has 0 fully saturated rings. The van der Waals surface area contributed by atoms with E-state index >= 15 is 0 Å². The number of carbonyl (C=O) groups excluding carboxylic acids is 1. The first-order chi connectivity index (χ1) is 14.3. The first kappa shape index (κ1) is 21.3. The van der Waals surface area contributed by atoms with Gasteiger partial charge in [0, 0.05) is 37.0 Å². The summed E-state index contributed by atoms with van der Waals surface area (Å²) in [5, 5.41) is 14.8. The third-order valence-electron chi connectivity index (χ3n) is 5.84. The molecule has 1 amide bonds. The van der Waals surface area contributed by atoms with E-state index in [1.165, 1.54) is 0 Å². The Kier molecular flexibility index (Phi) is 5.88. The summed E-state index contributed by atoms with van der Waals surface area (Å²) in [6.45, 7) is 8.58. The van der Waals surface area contributed by atoms with Gasteiger partial charge in [0.05, 0.1) is 6.07 Å². The molecule has 4 rings (SSSR count). The zero-order chi connectivity index (χ0) is 21.5. The Morgan fingerprint density at radius 2 is 2.13 bits per heavy atom. The molecule has 2 heterocycles. The number of amides is 1. The van der Waals surface area contributed by atoms with Crippen molar-refractivity contribution in [3.8, 4) is 6.07 Å². The second kappa shape index (κ2) is 8.29. The molecule has 8 heteroatoms. The lowest BCUT2D eigenvalue weighted by Crippen LogP contribution is -2.29. The monoisotopic (exact) mass is 486 g/mol. The van der Waals surface area contributed by atoms with Crippen molar-refractivity contribution in [2.45, 2.75) is 64.3 Å². The van der Waals surface area contributed by atoms with Crippen LogP contribution in [0.5, 0.6) is 0 Å². The molecule has 6 nitrogen and oxygen atoms in total. The van der Waals surface area contributed by atoms with Gasteiger partial charge in [0.25, 0.3) is 5.91 Å². The molecule has 0 saturated heterocycles. The van der Waals surface area contributed by atoms with Crippen LogP contribution >= 0.6 is 15.9 Å². The average molecular weight is 487 g/mol. The van der Waals surface area contributed by atoms with Crippen LogP contribution in [-0.2, 0) is 30.9 Å². The molecule has 1 aliphatic heterocycles. The highest BCUT2D eigenvalue weighted by atomic mass is 79.9. The molecule has 1 aromatic heterocycles. The van der Waals surface area contributed by atoms with Crippen molar-refractivity contribution in [3.63, 3.8) is 0 Å². The highest BCUT2D eigenvalue weighted by Gasteiger charge is 2.37. The molecular weight excluding hydrogens is 460 g/mol. The summed E-state index contributed by atoms with van der Waals surface area (Å²) >= 11 is 3.43. The molecule has 0 bridgehead atoms. The van der Waals surface area contributed by atoms with E-state index in [0.717, 1.165) is 58.9 Å². The van der Waals surface area contributed by atoms with Gasteiger partial charge in [-0.1, -0.05) is 41.6 Å². The van der Waals surface area contributed by atoms with E-state index in [9.17, 15) is 10.1 Å². The van der Waals surface area contributed by atoms with Crippen LogP contribution in [0.1, 0.15) is 45.3 Å². The smallest absolute Gasteiger partial charge is 0.255 e. The predicted molar refractivity (Wildman–Crippen MR) is 121 cm³/mol. The maximum absolute atomic E-state index is 13.0. The van der Waals surface area contributed by atoms with Crippen molar-refractivity contribution < 1.29 is 9.53 Å². The number of nitrogens with zero attached hydrogens (tertiary/aromatic N) is 4. The van der Waals surface area contributed by atoms with Gasteiger partial charge in [0.1, 0.15) is 12.4 Å².